The van der Waals surface area contributed by atoms with Gasteiger partial charge in [-0.05, 0) is 49.6 Å². The predicted octanol–water partition coefficient (Wildman–Crippen LogP) is 3.16. The smallest absolute Gasteiger partial charge is 0.257 e. The molecule has 0 radical (unpaired) electrons. The van der Waals surface area contributed by atoms with Gasteiger partial charge in [0.05, 0.1) is 18.7 Å². The average molecular weight is 390 g/mol. The lowest BCUT2D eigenvalue weighted by molar-refractivity contribution is -0.128. The van der Waals surface area contributed by atoms with Crippen molar-refractivity contribution in [2.24, 2.45) is 0 Å². The van der Waals surface area contributed by atoms with E-state index in [1.54, 1.807) is 19.2 Å². The van der Waals surface area contributed by atoms with E-state index in [0.717, 1.165) is 22.4 Å². The molecule has 0 fully saturated rings. The van der Waals surface area contributed by atoms with E-state index in [9.17, 15) is 9.59 Å². The Morgan fingerprint density at radius 2 is 1.78 bits per heavy atom. The monoisotopic (exact) mass is 389 g/mol. The zero-order valence-corrected chi connectivity index (χ0v) is 16.4. The number of hydrazine groups is 1. The third-order valence-electron chi connectivity index (χ3n) is 4.02. The van der Waals surface area contributed by atoms with Crippen LogP contribution in [-0.2, 0) is 16.0 Å². The number of hydrogen-bond donors (Lipinski definition) is 3. The van der Waals surface area contributed by atoms with E-state index in [-0.39, 0.29) is 24.8 Å². The lowest BCUT2D eigenvalue weighted by Gasteiger charge is -2.11. The summed E-state index contributed by atoms with van der Waals surface area (Å²) in [6.07, 6.45) is 0.736. The molecule has 0 saturated heterocycles. The molecule has 0 atom stereocenters. The van der Waals surface area contributed by atoms with Crippen molar-refractivity contribution in [3.05, 3.63) is 58.1 Å². The van der Waals surface area contributed by atoms with Crippen LogP contribution in [0.4, 0.5) is 5.69 Å². The number of hydrogen-bond acceptors (Lipinski definition) is 4. The highest BCUT2D eigenvalue weighted by Crippen LogP contribution is 2.25. The summed E-state index contributed by atoms with van der Waals surface area (Å²) in [6, 6.07) is 11.3. The predicted molar refractivity (Wildman–Crippen MR) is 107 cm³/mol. The van der Waals surface area contributed by atoms with Gasteiger partial charge in [-0.2, -0.15) is 0 Å². The van der Waals surface area contributed by atoms with Crippen LogP contribution in [0.25, 0.3) is 0 Å². The van der Waals surface area contributed by atoms with Crippen LogP contribution in [-0.4, -0.2) is 25.5 Å². The van der Waals surface area contributed by atoms with Crippen LogP contribution < -0.4 is 20.9 Å². The quantitative estimate of drug-likeness (QED) is 0.635. The third kappa shape index (κ3) is 6.49. The fraction of sp³-hybridized carbons (Fsp3) is 0.300. The number of ether oxygens (including phenoxy) is 1. The number of nitrogens with one attached hydrogen (secondary N) is 3. The van der Waals surface area contributed by atoms with Crippen LogP contribution >= 0.6 is 11.6 Å². The van der Waals surface area contributed by atoms with E-state index in [2.05, 4.69) is 16.2 Å². The van der Waals surface area contributed by atoms with Crippen LogP contribution in [0.3, 0.4) is 0 Å². The standard InChI is InChI=1S/C20H24ClN3O3/c1-13-4-7-17(14(2)10-13)22-12-20(26)24-23-19(25)9-6-15-5-8-18(27-3)16(21)11-15/h4-5,7-8,10-11,22H,6,9,12H2,1-3H3,(H,23,25)(H,24,26). The van der Waals surface area contributed by atoms with Gasteiger partial charge in [-0.1, -0.05) is 35.4 Å². The van der Waals surface area contributed by atoms with E-state index in [1.165, 1.54) is 0 Å². The lowest BCUT2D eigenvalue weighted by atomic mass is 10.1. The zero-order valence-electron chi connectivity index (χ0n) is 15.7. The number of methoxy groups -OCH3 is 1. The van der Waals surface area contributed by atoms with Gasteiger partial charge in [-0.25, -0.2) is 0 Å². The molecule has 3 N–H and O–H groups in total. The van der Waals surface area contributed by atoms with Gasteiger partial charge in [0.15, 0.2) is 0 Å². The number of halogens is 1. The summed E-state index contributed by atoms with van der Waals surface area (Å²) in [5, 5.41) is 3.55. The first-order valence-corrected chi connectivity index (χ1v) is 8.98. The first kappa shape index (κ1) is 20.6. The molecule has 0 aliphatic rings. The molecule has 0 saturated carbocycles. The molecular formula is C20H24ClN3O3. The Bertz CT molecular complexity index is 824. The molecule has 0 aliphatic carbocycles. The van der Waals surface area contributed by atoms with E-state index < -0.39 is 0 Å². The maximum atomic E-state index is 11.9. The number of anilines is 1. The maximum Gasteiger partial charge on any atom is 0.257 e. The SMILES string of the molecule is COc1ccc(CCC(=O)NNC(=O)CNc2ccc(C)cc2C)cc1Cl. The Hall–Kier alpha value is -2.73. The van der Waals surface area contributed by atoms with Crippen LogP contribution in [0, 0.1) is 13.8 Å². The number of amides is 2. The largest absolute Gasteiger partial charge is 0.495 e. The molecule has 0 aromatic heterocycles. The third-order valence-corrected chi connectivity index (χ3v) is 4.31. The second kappa shape index (κ2) is 9.83. The van der Waals surface area contributed by atoms with Crippen molar-refractivity contribution in [3.63, 3.8) is 0 Å². The second-order valence-electron chi connectivity index (χ2n) is 6.24. The van der Waals surface area contributed by atoms with Crippen LogP contribution in [0.15, 0.2) is 36.4 Å². The number of aryl methyl sites for hydroxylation is 3. The van der Waals surface area contributed by atoms with Crippen LogP contribution in [0.5, 0.6) is 5.75 Å². The zero-order chi connectivity index (χ0) is 19.8. The maximum absolute atomic E-state index is 11.9. The van der Waals surface area contributed by atoms with Crippen LogP contribution in [0.1, 0.15) is 23.1 Å². The minimum atomic E-state index is -0.323. The van der Waals surface area contributed by atoms with Crippen molar-refractivity contribution >= 4 is 29.1 Å². The summed E-state index contributed by atoms with van der Waals surface area (Å²) >= 11 is 6.06. The summed E-state index contributed by atoms with van der Waals surface area (Å²) < 4.78 is 5.09. The Balaban J connectivity index is 1.71. The highest BCUT2D eigenvalue weighted by Gasteiger charge is 2.07. The molecule has 7 heteroatoms. The minimum absolute atomic E-state index is 0.0677. The van der Waals surface area contributed by atoms with E-state index in [1.807, 2.05) is 38.1 Å². The fourth-order valence-corrected chi connectivity index (χ4v) is 2.84. The van der Waals surface area contributed by atoms with Crippen molar-refractivity contribution in [1.29, 1.82) is 0 Å². The van der Waals surface area contributed by atoms with Gasteiger partial charge >= 0.3 is 0 Å². The second-order valence-corrected chi connectivity index (χ2v) is 6.64. The Kier molecular flexibility index (Phi) is 7.49. The van der Waals surface area contributed by atoms with Gasteiger partial charge in [0.25, 0.3) is 5.91 Å². The van der Waals surface area contributed by atoms with Crippen molar-refractivity contribution < 1.29 is 14.3 Å². The topological polar surface area (TPSA) is 79.5 Å². The van der Waals surface area contributed by atoms with Crippen molar-refractivity contribution in [2.45, 2.75) is 26.7 Å². The van der Waals surface area contributed by atoms with Crippen molar-refractivity contribution in [1.82, 2.24) is 10.9 Å². The Morgan fingerprint density at radius 1 is 1.04 bits per heavy atom. The summed E-state index contributed by atoms with van der Waals surface area (Å²) in [5.41, 5.74) is 8.84. The first-order chi connectivity index (χ1) is 12.9. The van der Waals surface area contributed by atoms with Gasteiger partial charge in [0.1, 0.15) is 5.75 Å². The molecule has 0 spiro atoms. The molecule has 0 aliphatic heterocycles. The molecule has 2 rings (SSSR count). The summed E-state index contributed by atoms with van der Waals surface area (Å²) in [6.45, 7) is 4.05. The molecule has 27 heavy (non-hydrogen) atoms. The van der Waals surface area contributed by atoms with Crippen LogP contribution in [0.2, 0.25) is 5.02 Å². The van der Waals surface area contributed by atoms with E-state index in [0.29, 0.717) is 17.2 Å². The summed E-state index contributed by atoms with van der Waals surface area (Å²) in [7, 11) is 1.55. The Morgan fingerprint density at radius 3 is 2.44 bits per heavy atom. The van der Waals surface area contributed by atoms with E-state index >= 15 is 0 Å². The normalized spacial score (nSPS) is 10.2. The van der Waals surface area contributed by atoms with Gasteiger partial charge in [0.2, 0.25) is 5.91 Å². The molecule has 2 amide bonds. The summed E-state index contributed by atoms with van der Waals surface area (Å²) in [5.74, 6) is -0.00827. The lowest BCUT2D eigenvalue weighted by Crippen LogP contribution is -2.44. The number of rotatable bonds is 7. The molecule has 2 aromatic rings. The Labute approximate surface area is 164 Å². The minimum Gasteiger partial charge on any atom is -0.495 e. The number of benzene rings is 2. The molecule has 2 aromatic carbocycles. The molecule has 6 nitrogen and oxygen atoms in total. The molecule has 0 unspecified atom stereocenters. The summed E-state index contributed by atoms with van der Waals surface area (Å²) in [4.78, 5) is 23.8. The van der Waals surface area contributed by atoms with Crippen molar-refractivity contribution in [2.75, 3.05) is 19.0 Å². The van der Waals surface area contributed by atoms with Gasteiger partial charge in [-0.15, -0.1) is 0 Å². The highest BCUT2D eigenvalue weighted by molar-refractivity contribution is 6.32. The number of carbonyl (C=O) groups excluding carboxylic acids is 2. The molecule has 0 heterocycles. The van der Waals surface area contributed by atoms with Gasteiger partial charge in [0, 0.05) is 12.1 Å². The van der Waals surface area contributed by atoms with E-state index in [4.69, 9.17) is 16.3 Å². The van der Waals surface area contributed by atoms with Gasteiger partial charge < -0.3 is 10.1 Å². The number of carbonyl (C=O) groups is 2. The average Bonchev–Trinajstić information content (AvgIpc) is 2.64. The van der Waals surface area contributed by atoms with Crippen molar-refractivity contribution in [3.8, 4) is 5.75 Å². The van der Waals surface area contributed by atoms with Gasteiger partial charge in [-0.3, -0.25) is 20.4 Å². The molecular weight excluding hydrogens is 366 g/mol. The molecule has 144 valence electrons. The first-order valence-electron chi connectivity index (χ1n) is 8.60. The highest BCUT2D eigenvalue weighted by atomic mass is 35.5. The molecule has 0 bridgehead atoms. The fourth-order valence-electron chi connectivity index (χ4n) is 2.56.